The number of nitrogens with one attached hydrogen (secondary N) is 2. The molecule has 0 spiro atoms. The maximum atomic E-state index is 11.2. The van der Waals surface area contributed by atoms with Crippen molar-refractivity contribution in [1.29, 1.82) is 0 Å². The van der Waals surface area contributed by atoms with Gasteiger partial charge in [0.15, 0.2) is 5.78 Å². The Morgan fingerprint density at radius 2 is 1.89 bits per heavy atom. The van der Waals surface area contributed by atoms with E-state index in [1.807, 2.05) is 37.3 Å². The number of aromatic nitrogens is 2. The Balaban J connectivity index is 2.23. The van der Waals surface area contributed by atoms with Gasteiger partial charge in [-0.05, 0) is 36.8 Å². The van der Waals surface area contributed by atoms with Gasteiger partial charge >= 0.3 is 0 Å². The Morgan fingerprint density at radius 3 is 2.63 bits per heavy atom. The lowest BCUT2D eigenvalue weighted by Crippen LogP contribution is -2.32. The van der Waals surface area contributed by atoms with Crippen molar-refractivity contribution >= 4 is 17.1 Å². The molecular weight excluding hydrogens is 238 g/mol. The molecule has 2 heterocycles. The Morgan fingerprint density at radius 1 is 1.11 bits per heavy atom. The van der Waals surface area contributed by atoms with Crippen LogP contribution in [0.4, 0.5) is 0 Å². The van der Waals surface area contributed by atoms with Crippen molar-refractivity contribution in [2.24, 2.45) is 0 Å². The van der Waals surface area contributed by atoms with Crippen molar-refractivity contribution in [3.63, 3.8) is 0 Å². The Bertz CT molecular complexity index is 755. The summed E-state index contributed by atoms with van der Waals surface area (Å²) in [4.78, 5) is 11.2. The molecule has 0 saturated carbocycles. The minimum absolute atomic E-state index is 0.0101. The number of rotatable bonds is 0. The predicted molar refractivity (Wildman–Crippen MR) is 74.0 cm³/mol. The lowest BCUT2D eigenvalue weighted by Gasteiger charge is -2.10. The second kappa shape index (κ2) is 4.57. The zero-order chi connectivity index (χ0) is 13.2. The van der Waals surface area contributed by atoms with E-state index < -0.39 is 0 Å². The van der Waals surface area contributed by atoms with E-state index in [9.17, 15) is 4.79 Å². The van der Waals surface area contributed by atoms with Crippen LogP contribution in [0.3, 0.4) is 0 Å². The Kier molecular flexibility index (Phi) is 2.76. The molecule has 94 valence electrons. The molecule has 0 fully saturated rings. The first-order valence-electron chi connectivity index (χ1n) is 6.04. The van der Waals surface area contributed by atoms with Crippen LogP contribution < -0.4 is 15.9 Å². The van der Waals surface area contributed by atoms with Gasteiger partial charge in [0.1, 0.15) is 0 Å². The van der Waals surface area contributed by atoms with E-state index >= 15 is 0 Å². The van der Waals surface area contributed by atoms with Crippen LogP contribution in [0, 0.1) is 0 Å². The molecule has 0 aromatic carbocycles. The highest BCUT2D eigenvalue weighted by Gasteiger charge is 2.05. The number of ketones is 1. The van der Waals surface area contributed by atoms with Gasteiger partial charge in [-0.3, -0.25) is 9.89 Å². The number of dihydropyridines is 1. The number of aromatic amines is 1. The smallest absolute Gasteiger partial charge is 0.178 e. The summed E-state index contributed by atoms with van der Waals surface area (Å²) in [5, 5.41) is 12.3. The molecule has 0 saturated heterocycles. The number of hydrogen-bond donors (Lipinski definition) is 2. The van der Waals surface area contributed by atoms with E-state index in [-0.39, 0.29) is 5.78 Å². The molecule has 4 nitrogen and oxygen atoms in total. The van der Waals surface area contributed by atoms with Gasteiger partial charge in [-0.25, -0.2) is 0 Å². The first-order valence-corrected chi connectivity index (χ1v) is 6.04. The van der Waals surface area contributed by atoms with Gasteiger partial charge in [0, 0.05) is 10.9 Å². The molecule has 0 atom stereocenters. The second-order valence-corrected chi connectivity index (χ2v) is 4.43. The topological polar surface area (TPSA) is 57.8 Å². The molecular formula is C15H13N3O. The summed E-state index contributed by atoms with van der Waals surface area (Å²) in [5.41, 5.74) is 3.02. The average molecular weight is 251 g/mol. The number of H-pyrrole nitrogens is 1. The molecule has 2 aliphatic rings. The Labute approximate surface area is 110 Å². The van der Waals surface area contributed by atoms with E-state index in [1.54, 1.807) is 18.3 Å². The molecule has 1 aromatic heterocycles. The summed E-state index contributed by atoms with van der Waals surface area (Å²) in [7, 11) is 0. The molecule has 19 heavy (non-hydrogen) atoms. The number of carbonyl (C=O) groups is 1. The van der Waals surface area contributed by atoms with Crippen molar-refractivity contribution in [2.45, 2.75) is 6.92 Å². The fourth-order valence-corrected chi connectivity index (χ4v) is 2.08. The van der Waals surface area contributed by atoms with E-state index in [1.165, 1.54) is 0 Å². The lowest BCUT2D eigenvalue weighted by molar-refractivity contribution is -0.110. The quantitative estimate of drug-likeness (QED) is 0.703. The fourth-order valence-electron chi connectivity index (χ4n) is 2.08. The van der Waals surface area contributed by atoms with Crippen molar-refractivity contribution in [2.75, 3.05) is 0 Å². The molecule has 1 aliphatic heterocycles. The van der Waals surface area contributed by atoms with Crippen LogP contribution in [0.15, 0.2) is 54.4 Å². The summed E-state index contributed by atoms with van der Waals surface area (Å²) >= 11 is 0. The van der Waals surface area contributed by atoms with E-state index in [2.05, 4.69) is 15.5 Å². The molecule has 0 bridgehead atoms. The zero-order valence-electron chi connectivity index (χ0n) is 10.5. The first-order chi connectivity index (χ1) is 9.24. The van der Waals surface area contributed by atoms with Gasteiger partial charge in [-0.2, -0.15) is 5.10 Å². The molecule has 3 rings (SSSR count). The highest BCUT2D eigenvalue weighted by molar-refractivity contribution is 6.04. The molecule has 0 amide bonds. The third-order valence-corrected chi connectivity index (χ3v) is 3.01. The number of hydrogen-bond acceptors (Lipinski definition) is 3. The monoisotopic (exact) mass is 251 g/mol. The van der Waals surface area contributed by atoms with Crippen LogP contribution in [0.5, 0.6) is 0 Å². The number of carbonyl (C=O) groups excluding carboxylic acids is 1. The van der Waals surface area contributed by atoms with Gasteiger partial charge in [0.05, 0.1) is 17.2 Å². The van der Waals surface area contributed by atoms with Crippen LogP contribution in [0.1, 0.15) is 6.92 Å². The minimum Gasteiger partial charge on any atom is -0.357 e. The Hall–Kier alpha value is -2.62. The predicted octanol–water partition coefficient (Wildman–Crippen LogP) is 0.427. The lowest BCUT2D eigenvalue weighted by atomic mass is 10.1. The van der Waals surface area contributed by atoms with Crippen LogP contribution in [0.25, 0.3) is 11.3 Å². The average Bonchev–Trinajstić information content (AvgIpc) is 2.89. The molecule has 1 aromatic rings. The summed E-state index contributed by atoms with van der Waals surface area (Å²) in [6, 6.07) is 0. The molecule has 4 heteroatoms. The largest absolute Gasteiger partial charge is 0.357 e. The van der Waals surface area contributed by atoms with Gasteiger partial charge in [-0.15, -0.1) is 0 Å². The highest BCUT2D eigenvalue weighted by Crippen LogP contribution is 2.05. The normalized spacial score (nSPS) is 20.6. The number of nitrogens with zero attached hydrogens (tertiary/aromatic N) is 1. The van der Waals surface area contributed by atoms with Crippen LogP contribution in [-0.2, 0) is 4.79 Å². The fraction of sp³-hybridized carbons (Fsp3) is 0.0667. The SMILES string of the molecule is CC1=CC=CC(=c2[nH]ncc2=C2C=CC(=O)C=C2)N1. The summed E-state index contributed by atoms with van der Waals surface area (Å²) in [5.74, 6) is 0.0101. The van der Waals surface area contributed by atoms with Crippen LogP contribution in [0.2, 0.25) is 0 Å². The second-order valence-electron chi connectivity index (χ2n) is 4.43. The van der Waals surface area contributed by atoms with E-state index in [0.717, 1.165) is 27.5 Å². The van der Waals surface area contributed by atoms with Gasteiger partial charge in [0.25, 0.3) is 0 Å². The van der Waals surface area contributed by atoms with Crippen LogP contribution in [-0.4, -0.2) is 16.0 Å². The van der Waals surface area contributed by atoms with Crippen molar-refractivity contribution in [1.82, 2.24) is 15.5 Å². The summed E-state index contributed by atoms with van der Waals surface area (Å²) in [6.45, 7) is 2.01. The highest BCUT2D eigenvalue weighted by atomic mass is 16.1. The van der Waals surface area contributed by atoms with E-state index in [0.29, 0.717) is 0 Å². The van der Waals surface area contributed by atoms with Crippen molar-refractivity contribution < 1.29 is 4.79 Å². The van der Waals surface area contributed by atoms with E-state index in [4.69, 9.17) is 0 Å². The molecule has 2 N–H and O–H groups in total. The van der Waals surface area contributed by atoms with Gasteiger partial charge in [0.2, 0.25) is 0 Å². The molecule has 0 radical (unpaired) electrons. The number of allylic oxidation sites excluding steroid dienone is 7. The standard InChI is InChI=1S/C15H13N3O/c1-10-3-2-4-14(17-10)15-13(9-16-18-15)11-5-7-12(19)8-6-11/h2-9,17-18H,1H3. The first kappa shape index (κ1) is 11.5. The third-order valence-electron chi connectivity index (χ3n) is 3.01. The maximum Gasteiger partial charge on any atom is 0.178 e. The van der Waals surface area contributed by atoms with Crippen molar-refractivity contribution in [3.05, 3.63) is 65.0 Å². The zero-order valence-corrected chi connectivity index (χ0v) is 10.5. The summed E-state index contributed by atoms with van der Waals surface area (Å²) in [6.07, 6.45) is 14.5. The third kappa shape index (κ3) is 2.20. The van der Waals surface area contributed by atoms with Gasteiger partial charge < -0.3 is 5.32 Å². The van der Waals surface area contributed by atoms with Crippen molar-refractivity contribution in [3.8, 4) is 0 Å². The van der Waals surface area contributed by atoms with Gasteiger partial charge in [-0.1, -0.05) is 18.2 Å². The minimum atomic E-state index is 0.0101. The maximum absolute atomic E-state index is 11.2. The van der Waals surface area contributed by atoms with Crippen LogP contribution >= 0.6 is 0 Å². The molecule has 1 aliphatic carbocycles. The summed E-state index contributed by atoms with van der Waals surface area (Å²) < 4.78 is 0. The molecule has 0 unspecified atom stereocenters.